The van der Waals surface area contributed by atoms with Gasteiger partial charge in [-0.1, -0.05) is 6.07 Å². The molecule has 0 radical (unpaired) electrons. The van der Waals surface area contributed by atoms with Gasteiger partial charge in [0.15, 0.2) is 0 Å². The highest BCUT2D eigenvalue weighted by molar-refractivity contribution is 7.09. The highest BCUT2D eigenvalue weighted by Gasteiger charge is 2.34. The van der Waals surface area contributed by atoms with Gasteiger partial charge < -0.3 is 15.5 Å². The van der Waals surface area contributed by atoms with Crippen molar-refractivity contribution in [3.8, 4) is 0 Å². The summed E-state index contributed by atoms with van der Waals surface area (Å²) in [7, 11) is 0. The van der Waals surface area contributed by atoms with Crippen LogP contribution in [0.3, 0.4) is 0 Å². The fraction of sp³-hybridized carbons (Fsp3) is 0.333. The first kappa shape index (κ1) is 15.2. The third-order valence-corrected chi connectivity index (χ3v) is 5.51. The molecule has 2 amide bonds. The zero-order valence-electron chi connectivity index (χ0n) is 13.2. The molecule has 2 aliphatic rings. The molecule has 3 heterocycles. The van der Waals surface area contributed by atoms with E-state index in [0.29, 0.717) is 12.1 Å². The van der Waals surface area contributed by atoms with Crippen LogP contribution in [0.25, 0.3) is 0 Å². The van der Waals surface area contributed by atoms with Gasteiger partial charge in [0.1, 0.15) is 6.04 Å². The van der Waals surface area contributed by atoms with E-state index in [0.717, 1.165) is 42.1 Å². The Morgan fingerprint density at radius 2 is 2.25 bits per heavy atom. The van der Waals surface area contributed by atoms with Crippen LogP contribution in [0.5, 0.6) is 0 Å². The Balaban J connectivity index is 1.53. The molecule has 5 nitrogen and oxygen atoms in total. The quantitative estimate of drug-likeness (QED) is 0.902. The Morgan fingerprint density at radius 3 is 3.08 bits per heavy atom. The summed E-state index contributed by atoms with van der Waals surface area (Å²) in [4.78, 5) is 27.9. The average Bonchev–Trinajstić information content (AvgIpc) is 3.13. The number of anilines is 2. The first-order valence-electron chi connectivity index (χ1n) is 8.24. The van der Waals surface area contributed by atoms with Crippen molar-refractivity contribution in [1.29, 1.82) is 0 Å². The summed E-state index contributed by atoms with van der Waals surface area (Å²) in [6.45, 7) is 1.42. The van der Waals surface area contributed by atoms with Crippen LogP contribution >= 0.6 is 11.3 Å². The molecular weight excluding hydrogens is 322 g/mol. The number of rotatable bonds is 3. The Morgan fingerprint density at radius 1 is 1.33 bits per heavy atom. The summed E-state index contributed by atoms with van der Waals surface area (Å²) in [5.74, 6) is -0.0837. The highest BCUT2D eigenvalue weighted by Crippen LogP contribution is 2.36. The van der Waals surface area contributed by atoms with Crippen LogP contribution in [-0.2, 0) is 11.3 Å². The molecule has 2 N–H and O–H groups in total. The molecule has 1 atom stereocenters. The van der Waals surface area contributed by atoms with Gasteiger partial charge in [-0.15, -0.1) is 11.3 Å². The molecule has 0 bridgehead atoms. The molecule has 0 saturated carbocycles. The lowest BCUT2D eigenvalue weighted by molar-refractivity contribution is -0.118. The standard InChI is InChI=1S/C18H19N3O2S/c22-17(19-11-13-4-3-9-24-13)12-6-7-15-14(10-12)20-18(23)16-5-1-2-8-21(15)16/h3-4,6-7,9-10,16H,1-2,5,8,11H2,(H,19,22)(H,20,23)/t16-/m0/s1. The minimum Gasteiger partial charge on any atom is -0.358 e. The second-order valence-corrected chi connectivity index (χ2v) is 7.22. The Bertz CT molecular complexity index is 773. The van der Waals surface area contributed by atoms with E-state index in [1.165, 1.54) is 0 Å². The van der Waals surface area contributed by atoms with E-state index in [4.69, 9.17) is 0 Å². The fourth-order valence-corrected chi connectivity index (χ4v) is 4.06. The van der Waals surface area contributed by atoms with Crippen molar-refractivity contribution in [3.05, 3.63) is 46.2 Å². The van der Waals surface area contributed by atoms with Crippen molar-refractivity contribution in [2.45, 2.75) is 31.8 Å². The van der Waals surface area contributed by atoms with Gasteiger partial charge in [0.2, 0.25) is 5.91 Å². The van der Waals surface area contributed by atoms with E-state index in [-0.39, 0.29) is 17.9 Å². The van der Waals surface area contributed by atoms with Crippen LogP contribution in [0.2, 0.25) is 0 Å². The number of benzene rings is 1. The third kappa shape index (κ3) is 2.78. The predicted octanol–water partition coefficient (Wildman–Crippen LogP) is 2.99. The first-order valence-corrected chi connectivity index (χ1v) is 9.12. The Labute approximate surface area is 144 Å². The third-order valence-electron chi connectivity index (χ3n) is 4.63. The van der Waals surface area contributed by atoms with Gasteiger partial charge in [0.05, 0.1) is 17.9 Å². The van der Waals surface area contributed by atoms with Gasteiger partial charge in [-0.05, 0) is 48.9 Å². The molecule has 2 aliphatic heterocycles. The smallest absolute Gasteiger partial charge is 0.251 e. The molecule has 0 aliphatic carbocycles. The number of nitrogens with one attached hydrogen (secondary N) is 2. The van der Waals surface area contributed by atoms with E-state index in [1.54, 1.807) is 17.4 Å². The van der Waals surface area contributed by atoms with E-state index in [9.17, 15) is 9.59 Å². The molecule has 0 spiro atoms. The van der Waals surface area contributed by atoms with E-state index in [2.05, 4.69) is 15.5 Å². The van der Waals surface area contributed by atoms with Crippen LogP contribution in [0.4, 0.5) is 11.4 Å². The molecule has 1 aromatic heterocycles. The number of hydrogen-bond acceptors (Lipinski definition) is 4. The van der Waals surface area contributed by atoms with Gasteiger partial charge in [-0.2, -0.15) is 0 Å². The summed E-state index contributed by atoms with van der Waals surface area (Å²) in [6, 6.07) is 9.47. The van der Waals surface area contributed by atoms with E-state index < -0.39 is 0 Å². The molecule has 1 fully saturated rings. The lowest BCUT2D eigenvalue weighted by atomic mass is 9.97. The number of piperidine rings is 1. The lowest BCUT2D eigenvalue weighted by Crippen LogP contribution is -2.50. The SMILES string of the molecule is O=C(NCc1cccs1)c1ccc2c(c1)NC(=O)[C@@H]1CCCCN21. The van der Waals surface area contributed by atoms with Gasteiger partial charge in [-0.25, -0.2) is 0 Å². The van der Waals surface area contributed by atoms with Gasteiger partial charge in [0, 0.05) is 17.0 Å². The van der Waals surface area contributed by atoms with Crippen molar-refractivity contribution >= 4 is 34.5 Å². The molecule has 1 aromatic carbocycles. The minimum absolute atomic E-state index is 0.0401. The molecule has 4 rings (SSSR count). The maximum absolute atomic E-state index is 12.4. The first-order chi connectivity index (χ1) is 11.7. The van der Waals surface area contributed by atoms with Crippen molar-refractivity contribution < 1.29 is 9.59 Å². The number of carbonyl (C=O) groups excluding carboxylic acids is 2. The van der Waals surface area contributed by atoms with Crippen molar-refractivity contribution in [2.24, 2.45) is 0 Å². The van der Waals surface area contributed by atoms with Gasteiger partial charge in [0.25, 0.3) is 5.91 Å². The molecule has 6 heteroatoms. The summed E-state index contributed by atoms with van der Waals surface area (Å²) < 4.78 is 0. The second-order valence-electron chi connectivity index (χ2n) is 6.19. The van der Waals surface area contributed by atoms with Crippen LogP contribution < -0.4 is 15.5 Å². The Kier molecular flexibility index (Phi) is 3.98. The summed E-state index contributed by atoms with van der Waals surface area (Å²) in [5, 5.41) is 7.88. The molecular formula is C18H19N3O2S. The topological polar surface area (TPSA) is 61.4 Å². The van der Waals surface area contributed by atoms with Crippen LogP contribution in [0.15, 0.2) is 35.7 Å². The predicted molar refractivity (Wildman–Crippen MR) is 95.5 cm³/mol. The monoisotopic (exact) mass is 341 g/mol. The minimum atomic E-state index is -0.124. The molecule has 124 valence electrons. The van der Waals surface area contributed by atoms with E-state index in [1.807, 2.05) is 29.6 Å². The van der Waals surface area contributed by atoms with Gasteiger partial charge >= 0.3 is 0 Å². The fourth-order valence-electron chi connectivity index (χ4n) is 3.42. The van der Waals surface area contributed by atoms with Crippen LogP contribution in [-0.4, -0.2) is 24.4 Å². The summed E-state index contributed by atoms with van der Waals surface area (Å²) in [6.07, 6.45) is 3.09. The Hall–Kier alpha value is -2.34. The normalized spacial score (nSPS) is 19.2. The number of nitrogens with zero attached hydrogens (tertiary/aromatic N) is 1. The second kappa shape index (κ2) is 6.28. The van der Waals surface area contributed by atoms with Crippen molar-refractivity contribution in [3.63, 3.8) is 0 Å². The zero-order chi connectivity index (χ0) is 16.5. The van der Waals surface area contributed by atoms with Crippen molar-refractivity contribution in [2.75, 3.05) is 16.8 Å². The zero-order valence-corrected chi connectivity index (χ0v) is 14.1. The van der Waals surface area contributed by atoms with Crippen LogP contribution in [0.1, 0.15) is 34.5 Å². The van der Waals surface area contributed by atoms with Gasteiger partial charge in [-0.3, -0.25) is 9.59 Å². The molecule has 2 aromatic rings. The largest absolute Gasteiger partial charge is 0.358 e. The number of hydrogen-bond donors (Lipinski definition) is 2. The lowest BCUT2D eigenvalue weighted by Gasteiger charge is -2.41. The molecule has 24 heavy (non-hydrogen) atoms. The maximum Gasteiger partial charge on any atom is 0.251 e. The number of fused-ring (bicyclic) bond motifs is 3. The van der Waals surface area contributed by atoms with Crippen molar-refractivity contribution in [1.82, 2.24) is 5.32 Å². The molecule has 1 saturated heterocycles. The summed E-state index contributed by atoms with van der Waals surface area (Å²) in [5.41, 5.74) is 2.33. The molecule has 0 unspecified atom stereocenters. The average molecular weight is 341 g/mol. The highest BCUT2D eigenvalue weighted by atomic mass is 32.1. The number of amides is 2. The maximum atomic E-state index is 12.4. The van der Waals surface area contributed by atoms with Crippen LogP contribution in [0, 0.1) is 0 Å². The number of carbonyl (C=O) groups is 2. The number of thiophene rings is 1. The summed E-state index contributed by atoms with van der Waals surface area (Å²) >= 11 is 1.62. The van der Waals surface area contributed by atoms with E-state index >= 15 is 0 Å².